The fourth-order valence-corrected chi connectivity index (χ4v) is 3.67. The Morgan fingerprint density at radius 2 is 2.18 bits per heavy atom. The number of aromatic nitrogens is 1. The molecule has 0 radical (unpaired) electrons. The van der Waals surface area contributed by atoms with Crippen LogP contribution in [-0.4, -0.2) is 35.2 Å². The standard InChI is InChI=1S/C17H22N2O3/c1-13-14(18-16(22-13)15-5-4-9-20-15)11-19-8-10-21-17(12-19)6-2-3-7-17/h4-5,9H,2-3,6-8,10-12H2,1H3. The largest absolute Gasteiger partial charge is 0.459 e. The van der Waals surface area contributed by atoms with Crippen molar-refractivity contribution < 1.29 is 13.6 Å². The van der Waals surface area contributed by atoms with Gasteiger partial charge in [-0.25, -0.2) is 4.98 Å². The Kier molecular flexibility index (Phi) is 3.54. The molecular formula is C17H22N2O3. The monoisotopic (exact) mass is 302 g/mol. The number of oxazole rings is 1. The molecule has 0 aromatic carbocycles. The van der Waals surface area contributed by atoms with Gasteiger partial charge in [0, 0.05) is 19.6 Å². The molecule has 2 fully saturated rings. The van der Waals surface area contributed by atoms with Crippen LogP contribution in [0.5, 0.6) is 0 Å². The van der Waals surface area contributed by atoms with Crippen molar-refractivity contribution in [1.82, 2.24) is 9.88 Å². The van der Waals surface area contributed by atoms with E-state index in [4.69, 9.17) is 13.6 Å². The minimum atomic E-state index is 0.0970. The van der Waals surface area contributed by atoms with Crippen molar-refractivity contribution in [3.8, 4) is 11.7 Å². The molecule has 0 amide bonds. The summed E-state index contributed by atoms with van der Waals surface area (Å²) in [5.41, 5.74) is 1.10. The van der Waals surface area contributed by atoms with Gasteiger partial charge >= 0.3 is 0 Å². The first-order chi connectivity index (χ1) is 10.7. The van der Waals surface area contributed by atoms with Gasteiger partial charge in [0.25, 0.3) is 5.89 Å². The Morgan fingerprint density at radius 3 is 2.95 bits per heavy atom. The number of furan rings is 1. The van der Waals surface area contributed by atoms with Gasteiger partial charge in [0.2, 0.25) is 0 Å². The number of hydrogen-bond donors (Lipinski definition) is 0. The maximum absolute atomic E-state index is 6.09. The van der Waals surface area contributed by atoms with E-state index in [1.54, 1.807) is 6.26 Å². The van der Waals surface area contributed by atoms with E-state index in [0.717, 1.165) is 37.7 Å². The molecule has 0 atom stereocenters. The average molecular weight is 302 g/mol. The smallest absolute Gasteiger partial charge is 0.263 e. The third-order valence-corrected chi connectivity index (χ3v) is 4.84. The lowest BCUT2D eigenvalue weighted by Gasteiger charge is -2.40. The van der Waals surface area contributed by atoms with Crippen molar-refractivity contribution in [3.63, 3.8) is 0 Å². The molecule has 118 valence electrons. The van der Waals surface area contributed by atoms with Gasteiger partial charge in [-0.3, -0.25) is 4.90 Å². The topological polar surface area (TPSA) is 51.6 Å². The van der Waals surface area contributed by atoms with Gasteiger partial charge in [0.1, 0.15) is 5.76 Å². The van der Waals surface area contributed by atoms with E-state index in [-0.39, 0.29) is 5.60 Å². The van der Waals surface area contributed by atoms with Crippen LogP contribution in [0.15, 0.2) is 27.2 Å². The lowest BCUT2D eigenvalue weighted by molar-refractivity contribution is -0.107. The number of ether oxygens (including phenoxy) is 1. The summed E-state index contributed by atoms with van der Waals surface area (Å²) >= 11 is 0. The minimum Gasteiger partial charge on any atom is -0.459 e. The van der Waals surface area contributed by atoms with Crippen molar-refractivity contribution in [2.24, 2.45) is 0 Å². The summed E-state index contributed by atoms with van der Waals surface area (Å²) in [5, 5.41) is 0. The van der Waals surface area contributed by atoms with E-state index in [0.29, 0.717) is 11.7 Å². The predicted molar refractivity (Wildman–Crippen MR) is 81.4 cm³/mol. The number of nitrogens with zero attached hydrogens (tertiary/aromatic N) is 2. The molecule has 1 spiro atoms. The lowest BCUT2D eigenvalue weighted by atomic mass is 9.99. The second-order valence-corrected chi connectivity index (χ2v) is 6.45. The van der Waals surface area contributed by atoms with Crippen LogP contribution in [0, 0.1) is 6.92 Å². The summed E-state index contributed by atoms with van der Waals surface area (Å²) in [6.07, 6.45) is 6.61. The highest BCUT2D eigenvalue weighted by atomic mass is 16.5. The van der Waals surface area contributed by atoms with Gasteiger partial charge in [0.15, 0.2) is 5.76 Å². The molecule has 5 heteroatoms. The molecule has 1 aliphatic carbocycles. The van der Waals surface area contributed by atoms with Gasteiger partial charge in [-0.05, 0) is 31.9 Å². The van der Waals surface area contributed by atoms with E-state index in [2.05, 4.69) is 9.88 Å². The van der Waals surface area contributed by atoms with Crippen LogP contribution in [-0.2, 0) is 11.3 Å². The Bertz CT molecular complexity index is 626. The van der Waals surface area contributed by atoms with Crippen molar-refractivity contribution in [3.05, 3.63) is 29.9 Å². The van der Waals surface area contributed by atoms with Crippen molar-refractivity contribution in [1.29, 1.82) is 0 Å². The molecular weight excluding hydrogens is 280 g/mol. The number of morpholine rings is 1. The maximum Gasteiger partial charge on any atom is 0.263 e. The van der Waals surface area contributed by atoms with Gasteiger partial charge < -0.3 is 13.6 Å². The lowest BCUT2D eigenvalue weighted by Crippen LogP contribution is -2.49. The molecule has 0 bridgehead atoms. The summed E-state index contributed by atoms with van der Waals surface area (Å²) in [4.78, 5) is 7.07. The first-order valence-corrected chi connectivity index (χ1v) is 8.11. The Hall–Kier alpha value is -1.59. The second kappa shape index (κ2) is 5.56. The molecule has 3 heterocycles. The van der Waals surface area contributed by atoms with Crippen molar-refractivity contribution in [2.75, 3.05) is 19.7 Å². The van der Waals surface area contributed by atoms with Crippen LogP contribution in [0.25, 0.3) is 11.7 Å². The number of hydrogen-bond acceptors (Lipinski definition) is 5. The summed E-state index contributed by atoms with van der Waals surface area (Å²) in [7, 11) is 0. The fraction of sp³-hybridized carbons (Fsp3) is 0.588. The summed E-state index contributed by atoms with van der Waals surface area (Å²) in [6, 6.07) is 3.72. The highest BCUT2D eigenvalue weighted by Gasteiger charge is 2.39. The number of aryl methyl sites for hydroxylation is 1. The fourth-order valence-electron chi connectivity index (χ4n) is 3.67. The maximum atomic E-state index is 6.09. The van der Waals surface area contributed by atoms with Crippen LogP contribution < -0.4 is 0 Å². The van der Waals surface area contributed by atoms with Gasteiger partial charge in [0.05, 0.1) is 24.2 Å². The zero-order valence-electron chi connectivity index (χ0n) is 13.0. The predicted octanol–water partition coefficient (Wildman–Crippen LogP) is 3.39. The Labute approximate surface area is 130 Å². The molecule has 0 unspecified atom stereocenters. The van der Waals surface area contributed by atoms with E-state index in [1.165, 1.54) is 25.7 Å². The summed E-state index contributed by atoms with van der Waals surface area (Å²) in [5.74, 6) is 2.13. The van der Waals surface area contributed by atoms with Crippen LogP contribution >= 0.6 is 0 Å². The highest BCUT2D eigenvalue weighted by molar-refractivity contribution is 5.44. The molecule has 4 rings (SSSR count). The third kappa shape index (κ3) is 2.59. The number of rotatable bonds is 3. The second-order valence-electron chi connectivity index (χ2n) is 6.45. The first-order valence-electron chi connectivity index (χ1n) is 8.11. The normalized spacial score (nSPS) is 21.7. The minimum absolute atomic E-state index is 0.0970. The zero-order valence-corrected chi connectivity index (χ0v) is 13.0. The molecule has 1 aliphatic heterocycles. The van der Waals surface area contributed by atoms with Gasteiger partial charge in [-0.2, -0.15) is 0 Å². The third-order valence-electron chi connectivity index (χ3n) is 4.84. The quantitative estimate of drug-likeness (QED) is 0.870. The van der Waals surface area contributed by atoms with E-state index < -0.39 is 0 Å². The SMILES string of the molecule is Cc1oc(-c2ccco2)nc1CN1CCOC2(CCCC2)C1. The van der Waals surface area contributed by atoms with Gasteiger partial charge in [-0.1, -0.05) is 12.8 Å². The molecule has 22 heavy (non-hydrogen) atoms. The van der Waals surface area contributed by atoms with Crippen LogP contribution in [0.1, 0.15) is 37.1 Å². The zero-order chi connectivity index (χ0) is 15.0. The van der Waals surface area contributed by atoms with E-state index in [9.17, 15) is 0 Å². The van der Waals surface area contributed by atoms with Gasteiger partial charge in [-0.15, -0.1) is 0 Å². The van der Waals surface area contributed by atoms with Crippen LogP contribution in [0.2, 0.25) is 0 Å². The van der Waals surface area contributed by atoms with Crippen LogP contribution in [0.3, 0.4) is 0 Å². The van der Waals surface area contributed by atoms with Crippen molar-refractivity contribution in [2.45, 2.75) is 44.8 Å². The molecule has 5 nitrogen and oxygen atoms in total. The molecule has 2 aliphatic rings. The van der Waals surface area contributed by atoms with Crippen molar-refractivity contribution >= 4 is 0 Å². The molecule has 1 saturated carbocycles. The summed E-state index contributed by atoms with van der Waals surface area (Å²) in [6.45, 7) is 5.59. The van der Waals surface area contributed by atoms with E-state index in [1.807, 2.05) is 19.1 Å². The Morgan fingerprint density at radius 1 is 1.32 bits per heavy atom. The molecule has 2 aromatic heterocycles. The average Bonchev–Trinajstić information content (AvgIpc) is 3.22. The van der Waals surface area contributed by atoms with Crippen LogP contribution in [0.4, 0.5) is 0 Å². The molecule has 0 N–H and O–H groups in total. The highest BCUT2D eigenvalue weighted by Crippen LogP contribution is 2.36. The van der Waals surface area contributed by atoms with E-state index >= 15 is 0 Å². The first kappa shape index (κ1) is 14.0. The summed E-state index contributed by atoms with van der Waals surface area (Å²) < 4.78 is 17.2. The molecule has 1 saturated heterocycles. The Balaban J connectivity index is 1.49. The molecule has 2 aromatic rings.